The zero-order chi connectivity index (χ0) is 22.7. The van der Waals surface area contributed by atoms with Crippen molar-refractivity contribution in [3.05, 3.63) is 59.9 Å². The van der Waals surface area contributed by atoms with Crippen molar-refractivity contribution in [1.29, 1.82) is 0 Å². The number of nitrogens with zero attached hydrogens (tertiary/aromatic N) is 4. The van der Waals surface area contributed by atoms with Crippen molar-refractivity contribution >= 4 is 22.6 Å². The van der Waals surface area contributed by atoms with Gasteiger partial charge < -0.3 is 19.5 Å². The molecule has 0 aliphatic rings. The summed E-state index contributed by atoms with van der Waals surface area (Å²) in [5.74, 6) is 1.55. The van der Waals surface area contributed by atoms with Gasteiger partial charge in [0.25, 0.3) is 5.91 Å². The van der Waals surface area contributed by atoms with Crippen LogP contribution in [0, 0.1) is 13.8 Å². The molecule has 4 aromatic rings. The normalized spacial score (nSPS) is 10.8. The molecule has 0 radical (unpaired) electrons. The van der Waals surface area contributed by atoms with Crippen LogP contribution in [0.1, 0.15) is 11.3 Å². The third-order valence-electron chi connectivity index (χ3n) is 4.75. The van der Waals surface area contributed by atoms with Gasteiger partial charge in [0.05, 0.1) is 12.5 Å². The predicted molar refractivity (Wildman–Crippen MR) is 119 cm³/mol. The number of fused-ring (bicyclic) bond motifs is 1. The van der Waals surface area contributed by atoms with Gasteiger partial charge in [-0.2, -0.15) is 0 Å². The maximum atomic E-state index is 12.6. The number of nitrogens with one attached hydrogen (secondary N) is 1. The van der Waals surface area contributed by atoms with Crippen LogP contribution in [0.15, 0.2) is 48.7 Å². The second kappa shape index (κ2) is 8.93. The SMILES string of the molecule is COc1ccc(Oc2ncccc2NC(=O)COc2nn(C)c3nc(C)cc(C)c23)cc1. The molecule has 1 N–H and O–H groups in total. The average molecular weight is 433 g/mol. The van der Waals surface area contributed by atoms with E-state index in [9.17, 15) is 4.79 Å². The number of anilines is 1. The summed E-state index contributed by atoms with van der Waals surface area (Å²) in [7, 11) is 3.39. The molecule has 0 atom stereocenters. The lowest BCUT2D eigenvalue weighted by Crippen LogP contribution is -2.21. The highest BCUT2D eigenvalue weighted by atomic mass is 16.5. The van der Waals surface area contributed by atoms with Crippen LogP contribution in [0.25, 0.3) is 11.0 Å². The van der Waals surface area contributed by atoms with E-state index < -0.39 is 0 Å². The van der Waals surface area contributed by atoms with Crippen molar-refractivity contribution < 1.29 is 19.0 Å². The highest BCUT2D eigenvalue weighted by molar-refractivity contribution is 5.93. The molecule has 0 spiro atoms. The fourth-order valence-corrected chi connectivity index (χ4v) is 3.29. The molecule has 0 aliphatic carbocycles. The number of carbonyl (C=O) groups excluding carboxylic acids is 1. The Morgan fingerprint density at radius 2 is 1.84 bits per heavy atom. The van der Waals surface area contributed by atoms with Gasteiger partial charge in [-0.25, -0.2) is 14.6 Å². The van der Waals surface area contributed by atoms with Crippen molar-refractivity contribution in [3.8, 4) is 23.3 Å². The maximum absolute atomic E-state index is 12.6. The molecule has 1 aromatic carbocycles. The summed E-state index contributed by atoms with van der Waals surface area (Å²) in [6.07, 6.45) is 1.59. The van der Waals surface area contributed by atoms with Crippen molar-refractivity contribution in [2.24, 2.45) is 7.05 Å². The first-order valence-electron chi connectivity index (χ1n) is 9.95. The van der Waals surface area contributed by atoms with E-state index in [1.807, 2.05) is 19.9 Å². The minimum Gasteiger partial charge on any atom is -0.497 e. The Balaban J connectivity index is 1.45. The first kappa shape index (κ1) is 21.1. The van der Waals surface area contributed by atoms with E-state index in [-0.39, 0.29) is 18.4 Å². The summed E-state index contributed by atoms with van der Waals surface area (Å²) in [6.45, 7) is 3.66. The fourth-order valence-electron chi connectivity index (χ4n) is 3.29. The van der Waals surface area contributed by atoms with Crippen molar-refractivity contribution in [3.63, 3.8) is 0 Å². The van der Waals surface area contributed by atoms with Gasteiger partial charge in [0.2, 0.25) is 11.8 Å². The lowest BCUT2D eigenvalue weighted by Gasteiger charge is -2.11. The highest BCUT2D eigenvalue weighted by Gasteiger charge is 2.16. The Kier molecular flexibility index (Phi) is 5.89. The lowest BCUT2D eigenvalue weighted by molar-refractivity contribution is -0.118. The molecule has 0 saturated carbocycles. The Morgan fingerprint density at radius 1 is 1.09 bits per heavy atom. The number of methoxy groups -OCH3 is 1. The summed E-state index contributed by atoms with van der Waals surface area (Å²) in [4.78, 5) is 21.3. The van der Waals surface area contributed by atoms with Crippen LogP contribution in [0.4, 0.5) is 5.69 Å². The van der Waals surface area contributed by atoms with Crippen LogP contribution < -0.4 is 19.5 Å². The van der Waals surface area contributed by atoms with E-state index in [1.165, 1.54) is 0 Å². The molecule has 9 nitrogen and oxygen atoms in total. The van der Waals surface area contributed by atoms with Crippen LogP contribution in [0.2, 0.25) is 0 Å². The Morgan fingerprint density at radius 3 is 2.59 bits per heavy atom. The van der Waals surface area contributed by atoms with E-state index in [1.54, 1.807) is 61.4 Å². The van der Waals surface area contributed by atoms with Crippen molar-refractivity contribution in [2.45, 2.75) is 13.8 Å². The molecular formula is C23H23N5O4. The number of amides is 1. The number of hydrogen-bond acceptors (Lipinski definition) is 7. The average Bonchev–Trinajstić information content (AvgIpc) is 3.10. The third-order valence-corrected chi connectivity index (χ3v) is 4.75. The van der Waals surface area contributed by atoms with Gasteiger partial charge in [0.1, 0.15) is 17.2 Å². The zero-order valence-corrected chi connectivity index (χ0v) is 18.2. The third kappa shape index (κ3) is 4.46. The van der Waals surface area contributed by atoms with Crippen LogP contribution in [0.5, 0.6) is 23.3 Å². The Bertz CT molecular complexity index is 1270. The second-order valence-electron chi connectivity index (χ2n) is 7.18. The number of benzene rings is 1. The molecule has 0 unspecified atom stereocenters. The van der Waals surface area contributed by atoms with Gasteiger partial charge >= 0.3 is 0 Å². The predicted octanol–water partition coefficient (Wildman–Crippen LogP) is 3.80. The standard InChI is InChI=1S/C23H23N5O4/c1-14-12-15(2)25-21-20(14)23(27-28(21)3)31-13-19(29)26-18-6-5-11-24-22(18)32-17-9-7-16(30-4)8-10-17/h5-12H,13H2,1-4H3,(H,26,29). The maximum Gasteiger partial charge on any atom is 0.262 e. The van der Waals surface area contributed by atoms with E-state index in [0.29, 0.717) is 28.7 Å². The summed E-state index contributed by atoms with van der Waals surface area (Å²) in [5.41, 5.74) is 3.01. The van der Waals surface area contributed by atoms with E-state index in [4.69, 9.17) is 14.2 Å². The molecule has 3 aromatic heterocycles. The number of aryl methyl sites for hydroxylation is 3. The van der Waals surface area contributed by atoms with Gasteiger partial charge in [-0.1, -0.05) is 0 Å². The summed E-state index contributed by atoms with van der Waals surface area (Å²) < 4.78 is 18.3. The molecule has 1 amide bonds. The molecule has 3 heterocycles. The van der Waals surface area contributed by atoms with Crippen molar-refractivity contribution in [2.75, 3.05) is 19.0 Å². The highest BCUT2D eigenvalue weighted by Crippen LogP contribution is 2.29. The molecule has 0 bridgehead atoms. The summed E-state index contributed by atoms with van der Waals surface area (Å²) in [5, 5.41) is 7.93. The van der Waals surface area contributed by atoms with Gasteiger partial charge in [-0.15, -0.1) is 5.10 Å². The van der Waals surface area contributed by atoms with Gasteiger partial charge in [0.15, 0.2) is 12.3 Å². The monoisotopic (exact) mass is 433 g/mol. The summed E-state index contributed by atoms with van der Waals surface area (Å²) >= 11 is 0. The van der Waals surface area contributed by atoms with Gasteiger partial charge in [0, 0.05) is 18.9 Å². The Labute approximate surface area is 185 Å². The second-order valence-corrected chi connectivity index (χ2v) is 7.18. The fraction of sp³-hybridized carbons (Fsp3) is 0.217. The molecule has 0 fully saturated rings. The first-order chi connectivity index (χ1) is 15.4. The lowest BCUT2D eigenvalue weighted by atomic mass is 10.2. The zero-order valence-electron chi connectivity index (χ0n) is 18.2. The summed E-state index contributed by atoms with van der Waals surface area (Å²) in [6, 6.07) is 12.4. The molecule has 164 valence electrons. The number of ether oxygens (including phenoxy) is 3. The Hall–Kier alpha value is -4.14. The van der Waals surface area contributed by atoms with E-state index in [0.717, 1.165) is 16.6 Å². The number of hydrogen-bond donors (Lipinski definition) is 1. The molecule has 9 heteroatoms. The molecule has 0 aliphatic heterocycles. The van der Waals surface area contributed by atoms with Crippen molar-refractivity contribution in [1.82, 2.24) is 19.7 Å². The number of pyridine rings is 2. The van der Waals surface area contributed by atoms with Gasteiger partial charge in [-0.05, 0) is 61.9 Å². The topological polar surface area (TPSA) is 100 Å². The van der Waals surface area contributed by atoms with Crippen LogP contribution in [0.3, 0.4) is 0 Å². The number of carbonyl (C=O) groups is 1. The van der Waals surface area contributed by atoms with E-state index >= 15 is 0 Å². The smallest absolute Gasteiger partial charge is 0.262 e. The minimum atomic E-state index is -0.367. The molecule has 4 rings (SSSR count). The van der Waals surface area contributed by atoms with Crippen LogP contribution in [-0.4, -0.2) is 39.4 Å². The van der Waals surface area contributed by atoms with Gasteiger partial charge in [-0.3, -0.25) is 4.79 Å². The largest absolute Gasteiger partial charge is 0.497 e. The molecule has 32 heavy (non-hydrogen) atoms. The number of rotatable bonds is 7. The quantitative estimate of drug-likeness (QED) is 0.473. The van der Waals surface area contributed by atoms with Crippen LogP contribution >= 0.6 is 0 Å². The molecular weight excluding hydrogens is 410 g/mol. The van der Waals surface area contributed by atoms with Crippen LogP contribution in [-0.2, 0) is 11.8 Å². The van der Waals surface area contributed by atoms with E-state index in [2.05, 4.69) is 20.4 Å². The number of aromatic nitrogens is 4. The molecule has 0 saturated heterocycles. The first-order valence-corrected chi connectivity index (χ1v) is 9.95. The minimum absolute atomic E-state index is 0.226.